The molecule has 0 amide bonds. The van der Waals surface area contributed by atoms with Gasteiger partial charge in [-0.05, 0) is 64.2 Å². The molecule has 5 nitrogen and oxygen atoms in total. The van der Waals surface area contributed by atoms with E-state index < -0.39 is 0 Å². The molecule has 2 aromatic rings. The third-order valence-corrected chi connectivity index (χ3v) is 5.53. The fraction of sp³-hybridized carbons (Fsp3) is 0.476. The van der Waals surface area contributed by atoms with Crippen LogP contribution < -0.4 is 9.41 Å². The number of unbranched alkanes of at least 4 members (excludes halogenated alkanes) is 1. The molecule has 27 heavy (non-hydrogen) atoms. The summed E-state index contributed by atoms with van der Waals surface area (Å²) in [6.07, 6.45) is 7.25. The van der Waals surface area contributed by atoms with Gasteiger partial charge >= 0.3 is 0 Å². The number of ether oxygens (including phenoxy) is 1. The summed E-state index contributed by atoms with van der Waals surface area (Å²) in [6, 6.07) is 5.81. The Kier molecular flexibility index (Phi) is 6.98. The molecule has 1 aromatic heterocycles. The topological polar surface area (TPSA) is 62.7 Å². The molecule has 0 aliphatic carbocycles. The highest BCUT2D eigenvalue weighted by molar-refractivity contribution is 7.04. The summed E-state index contributed by atoms with van der Waals surface area (Å²) in [4.78, 5) is 8.81. The largest absolute Gasteiger partial charge is 0.496 e. The zero-order chi connectivity index (χ0) is 20.0. The summed E-state index contributed by atoms with van der Waals surface area (Å²) in [5.41, 5.74) is 2.96. The standard InChI is InChI=1S/C21H28N4OS/c1-7-8-9-16-13-25(21(3,4)5)27-20(16)24-19(23-14-22)17-12-15(2)10-11-18(17)26-6/h10-13H,7-9H2,1-6H3/b23-19+,24-20-. The minimum Gasteiger partial charge on any atom is -0.496 e. The number of amidine groups is 1. The van der Waals surface area contributed by atoms with Crippen LogP contribution in [0.15, 0.2) is 34.4 Å². The fourth-order valence-corrected chi connectivity index (χ4v) is 3.66. The van der Waals surface area contributed by atoms with Gasteiger partial charge in [0.05, 0.1) is 12.7 Å². The maximum absolute atomic E-state index is 9.21. The molecular formula is C21H28N4OS. The first-order valence-corrected chi connectivity index (χ1v) is 9.96. The average molecular weight is 385 g/mol. The van der Waals surface area contributed by atoms with Crippen LogP contribution in [-0.4, -0.2) is 16.9 Å². The van der Waals surface area contributed by atoms with E-state index in [4.69, 9.17) is 9.73 Å². The third kappa shape index (κ3) is 5.30. The number of hydrogen-bond acceptors (Lipinski definition) is 4. The van der Waals surface area contributed by atoms with E-state index in [1.807, 2.05) is 31.3 Å². The van der Waals surface area contributed by atoms with Crippen molar-refractivity contribution in [3.8, 4) is 11.9 Å². The van der Waals surface area contributed by atoms with Crippen LogP contribution in [-0.2, 0) is 12.0 Å². The summed E-state index contributed by atoms with van der Waals surface area (Å²) >= 11 is 1.60. The third-order valence-electron chi connectivity index (χ3n) is 4.15. The van der Waals surface area contributed by atoms with Crippen LogP contribution in [0.1, 0.15) is 57.2 Å². The highest BCUT2D eigenvalue weighted by atomic mass is 32.1. The SMILES string of the molecule is CCCCc1cn(C(C)(C)C)s/c1=N\C(=N\C#N)c1cc(C)ccc1OC. The lowest BCUT2D eigenvalue weighted by atomic mass is 10.1. The zero-order valence-corrected chi connectivity index (χ0v) is 17.9. The van der Waals surface area contributed by atoms with E-state index in [0.717, 1.165) is 35.1 Å². The van der Waals surface area contributed by atoms with E-state index in [9.17, 15) is 5.26 Å². The van der Waals surface area contributed by atoms with Crippen molar-refractivity contribution in [1.29, 1.82) is 5.26 Å². The predicted molar refractivity (Wildman–Crippen MR) is 111 cm³/mol. The summed E-state index contributed by atoms with van der Waals surface area (Å²) in [5, 5.41) is 9.21. The van der Waals surface area contributed by atoms with Crippen LogP contribution in [0, 0.1) is 18.4 Å². The minimum absolute atomic E-state index is 0.0209. The number of aliphatic imine (C=N–C) groups is 1. The Morgan fingerprint density at radius 2 is 2.07 bits per heavy atom. The molecule has 0 bridgehead atoms. The van der Waals surface area contributed by atoms with Crippen LogP contribution >= 0.6 is 11.5 Å². The second kappa shape index (κ2) is 9.01. The number of nitrogens with zero attached hydrogens (tertiary/aromatic N) is 4. The summed E-state index contributed by atoms with van der Waals surface area (Å²) in [7, 11) is 1.61. The van der Waals surface area contributed by atoms with Gasteiger partial charge in [0.1, 0.15) is 10.4 Å². The Balaban J connectivity index is 2.66. The quantitative estimate of drug-likeness (QED) is 0.422. The Labute approximate surface area is 165 Å². The molecule has 0 atom stereocenters. The maximum Gasteiger partial charge on any atom is 0.207 e. The molecule has 2 rings (SSSR count). The first kappa shape index (κ1) is 20.9. The maximum atomic E-state index is 9.21. The molecule has 0 N–H and O–H groups in total. The first-order valence-electron chi connectivity index (χ1n) is 9.19. The fourth-order valence-electron chi connectivity index (χ4n) is 2.62. The molecule has 0 saturated heterocycles. The number of hydrogen-bond donors (Lipinski definition) is 0. The van der Waals surface area contributed by atoms with Gasteiger partial charge in [-0.25, -0.2) is 4.99 Å². The average Bonchev–Trinajstić information content (AvgIpc) is 3.02. The molecule has 6 heteroatoms. The van der Waals surface area contributed by atoms with Crippen molar-refractivity contribution in [3.05, 3.63) is 45.8 Å². The highest BCUT2D eigenvalue weighted by Gasteiger charge is 2.17. The minimum atomic E-state index is -0.0209. The number of rotatable bonds is 5. The van der Waals surface area contributed by atoms with Crippen LogP contribution in [0.3, 0.4) is 0 Å². The van der Waals surface area contributed by atoms with Gasteiger partial charge in [-0.15, -0.1) is 0 Å². The molecular weight excluding hydrogens is 356 g/mol. The van der Waals surface area contributed by atoms with Gasteiger partial charge < -0.3 is 4.74 Å². The predicted octanol–water partition coefficient (Wildman–Crippen LogP) is 4.79. The Morgan fingerprint density at radius 3 is 2.67 bits per heavy atom. The molecule has 0 saturated carbocycles. The van der Waals surface area contributed by atoms with Gasteiger partial charge in [-0.3, -0.25) is 3.96 Å². The van der Waals surface area contributed by atoms with Crippen molar-refractivity contribution in [2.24, 2.45) is 9.98 Å². The van der Waals surface area contributed by atoms with E-state index in [1.165, 1.54) is 5.56 Å². The number of aryl methyl sites for hydroxylation is 2. The molecule has 1 aromatic carbocycles. The van der Waals surface area contributed by atoms with Crippen molar-refractivity contribution in [2.75, 3.05) is 7.11 Å². The summed E-state index contributed by atoms with van der Waals surface area (Å²) in [6.45, 7) is 10.7. The van der Waals surface area contributed by atoms with E-state index in [1.54, 1.807) is 18.6 Å². The number of methoxy groups -OCH3 is 1. The van der Waals surface area contributed by atoms with Gasteiger partial charge in [0, 0.05) is 17.3 Å². The Hall–Kier alpha value is -2.39. The van der Waals surface area contributed by atoms with Gasteiger partial charge in [-0.2, -0.15) is 10.3 Å². The van der Waals surface area contributed by atoms with Crippen molar-refractivity contribution in [2.45, 2.75) is 59.4 Å². The van der Waals surface area contributed by atoms with E-state index in [-0.39, 0.29) is 5.54 Å². The van der Waals surface area contributed by atoms with E-state index in [0.29, 0.717) is 11.6 Å². The molecule has 0 radical (unpaired) electrons. The molecule has 0 spiro atoms. The molecule has 144 valence electrons. The lowest BCUT2D eigenvalue weighted by molar-refractivity contribution is 0.414. The normalized spacial score (nSPS) is 12.9. The number of aromatic nitrogens is 1. The molecule has 0 aliphatic rings. The lowest BCUT2D eigenvalue weighted by Gasteiger charge is -2.19. The Bertz CT molecular complexity index is 923. The van der Waals surface area contributed by atoms with Gasteiger partial charge in [0.25, 0.3) is 0 Å². The van der Waals surface area contributed by atoms with Crippen molar-refractivity contribution >= 4 is 17.4 Å². The van der Waals surface area contributed by atoms with Crippen LogP contribution in [0.25, 0.3) is 0 Å². The zero-order valence-electron chi connectivity index (χ0n) is 17.0. The molecule has 0 aliphatic heterocycles. The van der Waals surface area contributed by atoms with Gasteiger partial charge in [0.2, 0.25) is 6.19 Å². The summed E-state index contributed by atoms with van der Waals surface area (Å²) < 4.78 is 8.58. The molecule has 1 heterocycles. The summed E-state index contributed by atoms with van der Waals surface area (Å²) in [5.74, 6) is 1.05. The van der Waals surface area contributed by atoms with Crippen LogP contribution in [0.5, 0.6) is 5.75 Å². The second-order valence-electron chi connectivity index (χ2n) is 7.50. The monoisotopic (exact) mass is 384 g/mol. The number of benzene rings is 1. The molecule has 0 fully saturated rings. The lowest BCUT2D eigenvalue weighted by Crippen LogP contribution is -2.18. The molecule has 0 unspecified atom stereocenters. The Morgan fingerprint density at radius 1 is 1.33 bits per heavy atom. The van der Waals surface area contributed by atoms with E-state index >= 15 is 0 Å². The van der Waals surface area contributed by atoms with Gasteiger partial charge in [0.15, 0.2) is 5.84 Å². The highest BCUT2D eigenvalue weighted by Crippen LogP contribution is 2.22. The van der Waals surface area contributed by atoms with Crippen molar-refractivity contribution in [3.63, 3.8) is 0 Å². The van der Waals surface area contributed by atoms with Gasteiger partial charge in [-0.1, -0.05) is 25.0 Å². The van der Waals surface area contributed by atoms with E-state index in [2.05, 4.69) is 42.8 Å². The second-order valence-corrected chi connectivity index (χ2v) is 8.46. The van der Waals surface area contributed by atoms with Crippen LogP contribution in [0.2, 0.25) is 0 Å². The smallest absolute Gasteiger partial charge is 0.207 e. The first-order chi connectivity index (χ1) is 12.8. The number of nitriles is 1. The van der Waals surface area contributed by atoms with Crippen molar-refractivity contribution < 1.29 is 4.74 Å². The van der Waals surface area contributed by atoms with Crippen molar-refractivity contribution in [1.82, 2.24) is 3.96 Å². The van der Waals surface area contributed by atoms with Crippen LogP contribution in [0.4, 0.5) is 0 Å².